The Kier molecular flexibility index (Phi) is 6.11. The van der Waals surface area contributed by atoms with E-state index in [1.807, 2.05) is 44.2 Å². The van der Waals surface area contributed by atoms with Crippen LogP contribution in [0.1, 0.15) is 27.2 Å². The zero-order chi connectivity index (χ0) is 19.9. The maximum Gasteiger partial charge on any atom is 0.291 e. The Bertz CT molecular complexity index is 947. The molecule has 0 saturated heterocycles. The van der Waals surface area contributed by atoms with E-state index < -0.39 is 0 Å². The number of furan rings is 1. The van der Waals surface area contributed by atoms with Crippen LogP contribution >= 0.6 is 0 Å². The Morgan fingerprint density at radius 3 is 2.50 bits per heavy atom. The Labute approximate surface area is 163 Å². The van der Waals surface area contributed by atoms with Crippen LogP contribution in [0.15, 0.2) is 65.3 Å². The predicted molar refractivity (Wildman–Crippen MR) is 106 cm³/mol. The molecule has 3 rings (SSSR count). The first-order chi connectivity index (χ1) is 13.5. The lowest BCUT2D eigenvalue weighted by Crippen LogP contribution is -2.28. The maximum absolute atomic E-state index is 12.0. The fourth-order valence-electron chi connectivity index (χ4n) is 2.66. The second-order valence-corrected chi connectivity index (χ2v) is 6.46. The lowest BCUT2D eigenvalue weighted by atomic mass is 10.1. The summed E-state index contributed by atoms with van der Waals surface area (Å²) >= 11 is 0. The van der Waals surface area contributed by atoms with Crippen molar-refractivity contribution in [2.75, 3.05) is 11.9 Å². The number of amides is 2. The summed E-state index contributed by atoms with van der Waals surface area (Å²) in [4.78, 5) is 23.9. The molecular formula is C22H22N2O4. The monoisotopic (exact) mass is 378 g/mol. The Morgan fingerprint density at radius 1 is 1.04 bits per heavy atom. The van der Waals surface area contributed by atoms with Crippen molar-refractivity contribution < 1.29 is 18.7 Å². The first kappa shape index (κ1) is 19.2. The van der Waals surface area contributed by atoms with Crippen molar-refractivity contribution >= 4 is 17.5 Å². The number of carbonyl (C=O) groups is 2. The highest BCUT2D eigenvalue weighted by atomic mass is 16.5. The van der Waals surface area contributed by atoms with Crippen LogP contribution in [0.2, 0.25) is 0 Å². The molecule has 2 aromatic carbocycles. The summed E-state index contributed by atoms with van der Waals surface area (Å²) in [6.45, 7) is 4.30. The van der Waals surface area contributed by atoms with Gasteiger partial charge < -0.3 is 19.8 Å². The van der Waals surface area contributed by atoms with Gasteiger partial charge in [0.15, 0.2) is 12.4 Å². The van der Waals surface area contributed by atoms with Gasteiger partial charge in [-0.1, -0.05) is 29.8 Å². The van der Waals surface area contributed by atoms with Crippen LogP contribution < -0.4 is 15.4 Å². The molecular weight excluding hydrogens is 356 g/mol. The highest BCUT2D eigenvalue weighted by Gasteiger charge is 2.09. The molecule has 0 saturated carbocycles. The number of aryl methyl sites for hydroxylation is 2. The fourth-order valence-corrected chi connectivity index (χ4v) is 2.66. The van der Waals surface area contributed by atoms with Crippen molar-refractivity contribution in [1.29, 1.82) is 0 Å². The molecule has 28 heavy (non-hydrogen) atoms. The quantitative estimate of drug-likeness (QED) is 0.654. The fraction of sp³-hybridized carbons (Fsp3) is 0.182. The van der Waals surface area contributed by atoms with E-state index >= 15 is 0 Å². The van der Waals surface area contributed by atoms with Crippen LogP contribution in [-0.2, 0) is 11.3 Å². The number of hydrogen-bond acceptors (Lipinski definition) is 4. The van der Waals surface area contributed by atoms with Crippen LogP contribution in [0, 0.1) is 13.8 Å². The van der Waals surface area contributed by atoms with Gasteiger partial charge in [0.05, 0.1) is 6.26 Å². The van der Waals surface area contributed by atoms with E-state index in [2.05, 4.69) is 10.6 Å². The van der Waals surface area contributed by atoms with E-state index in [9.17, 15) is 9.59 Å². The molecule has 0 unspecified atom stereocenters. The standard InChI is InChI=1S/C22H22N2O4/c1-15-5-10-19(16(2)12-15)28-14-21(25)23-13-17-6-8-18(9-7-17)24-22(26)20-4-3-11-27-20/h3-12H,13-14H2,1-2H3,(H,23,25)(H,24,26). The molecule has 6 nitrogen and oxygen atoms in total. The molecule has 1 aromatic heterocycles. The Balaban J connectivity index is 1.45. The van der Waals surface area contributed by atoms with E-state index in [0.717, 1.165) is 16.7 Å². The molecule has 3 aromatic rings. The summed E-state index contributed by atoms with van der Waals surface area (Å²) < 4.78 is 10.6. The molecule has 0 aliphatic carbocycles. The molecule has 0 radical (unpaired) electrons. The van der Waals surface area contributed by atoms with Crippen molar-refractivity contribution in [3.63, 3.8) is 0 Å². The second-order valence-electron chi connectivity index (χ2n) is 6.46. The van der Waals surface area contributed by atoms with Crippen LogP contribution in [0.25, 0.3) is 0 Å². The number of hydrogen-bond donors (Lipinski definition) is 2. The summed E-state index contributed by atoms with van der Waals surface area (Å²) in [5.74, 6) is 0.447. The van der Waals surface area contributed by atoms with E-state index in [0.29, 0.717) is 18.0 Å². The number of benzene rings is 2. The van der Waals surface area contributed by atoms with Gasteiger partial charge in [-0.15, -0.1) is 0 Å². The van der Waals surface area contributed by atoms with Gasteiger partial charge in [0, 0.05) is 12.2 Å². The van der Waals surface area contributed by atoms with E-state index in [-0.39, 0.29) is 24.2 Å². The van der Waals surface area contributed by atoms with Gasteiger partial charge in [-0.25, -0.2) is 0 Å². The zero-order valence-corrected chi connectivity index (χ0v) is 15.8. The lowest BCUT2D eigenvalue weighted by molar-refractivity contribution is -0.123. The molecule has 0 aliphatic rings. The minimum atomic E-state index is -0.311. The third kappa shape index (κ3) is 5.23. The maximum atomic E-state index is 12.0. The zero-order valence-electron chi connectivity index (χ0n) is 15.8. The Hall–Kier alpha value is -3.54. The first-order valence-electron chi connectivity index (χ1n) is 8.92. The topological polar surface area (TPSA) is 80.6 Å². The van der Waals surface area contributed by atoms with Crippen molar-refractivity contribution in [3.8, 4) is 5.75 Å². The molecule has 0 spiro atoms. The van der Waals surface area contributed by atoms with Gasteiger partial charge in [0.25, 0.3) is 11.8 Å². The number of anilines is 1. The third-order valence-corrected chi connectivity index (χ3v) is 4.14. The molecule has 6 heteroatoms. The summed E-state index contributed by atoms with van der Waals surface area (Å²) in [5.41, 5.74) is 3.71. The number of carbonyl (C=O) groups excluding carboxylic acids is 2. The average molecular weight is 378 g/mol. The minimum absolute atomic E-state index is 0.0405. The van der Waals surface area contributed by atoms with Gasteiger partial charge in [0.1, 0.15) is 5.75 Å². The normalized spacial score (nSPS) is 10.4. The largest absolute Gasteiger partial charge is 0.484 e. The van der Waals surface area contributed by atoms with E-state index in [1.165, 1.54) is 6.26 Å². The number of rotatable bonds is 7. The van der Waals surface area contributed by atoms with Gasteiger partial charge in [-0.05, 0) is 55.3 Å². The molecule has 0 aliphatic heterocycles. The predicted octanol–water partition coefficient (Wildman–Crippen LogP) is 3.84. The molecule has 144 valence electrons. The molecule has 2 N–H and O–H groups in total. The summed E-state index contributed by atoms with van der Waals surface area (Å²) in [6.07, 6.45) is 1.45. The second kappa shape index (κ2) is 8.90. The van der Waals surface area contributed by atoms with Gasteiger partial charge in [-0.3, -0.25) is 9.59 Å². The van der Waals surface area contributed by atoms with Crippen molar-refractivity contribution in [2.24, 2.45) is 0 Å². The first-order valence-corrected chi connectivity index (χ1v) is 8.92. The molecule has 2 amide bonds. The van der Waals surface area contributed by atoms with Crippen molar-refractivity contribution in [3.05, 3.63) is 83.3 Å². The number of nitrogens with one attached hydrogen (secondary N) is 2. The van der Waals surface area contributed by atoms with Gasteiger partial charge in [0.2, 0.25) is 0 Å². The van der Waals surface area contributed by atoms with Crippen molar-refractivity contribution in [2.45, 2.75) is 20.4 Å². The molecule has 0 bridgehead atoms. The average Bonchev–Trinajstić information content (AvgIpc) is 3.22. The molecule has 0 atom stereocenters. The van der Waals surface area contributed by atoms with Crippen LogP contribution in [0.4, 0.5) is 5.69 Å². The highest BCUT2D eigenvalue weighted by Crippen LogP contribution is 2.18. The van der Waals surface area contributed by atoms with Crippen LogP contribution in [0.5, 0.6) is 5.75 Å². The summed E-state index contributed by atoms with van der Waals surface area (Å²) in [5, 5.41) is 5.56. The molecule has 1 heterocycles. The van der Waals surface area contributed by atoms with Crippen molar-refractivity contribution in [1.82, 2.24) is 5.32 Å². The third-order valence-electron chi connectivity index (χ3n) is 4.14. The lowest BCUT2D eigenvalue weighted by Gasteiger charge is -2.10. The number of ether oxygens (including phenoxy) is 1. The summed E-state index contributed by atoms with van der Waals surface area (Å²) in [7, 11) is 0. The van der Waals surface area contributed by atoms with E-state index in [4.69, 9.17) is 9.15 Å². The van der Waals surface area contributed by atoms with Crippen LogP contribution in [0.3, 0.4) is 0 Å². The van der Waals surface area contributed by atoms with Gasteiger partial charge in [-0.2, -0.15) is 0 Å². The van der Waals surface area contributed by atoms with Crippen LogP contribution in [-0.4, -0.2) is 18.4 Å². The van der Waals surface area contributed by atoms with Gasteiger partial charge >= 0.3 is 0 Å². The Morgan fingerprint density at radius 2 is 1.82 bits per heavy atom. The summed E-state index contributed by atoms with van der Waals surface area (Å²) in [6, 6.07) is 16.3. The highest BCUT2D eigenvalue weighted by molar-refractivity contribution is 6.02. The van der Waals surface area contributed by atoms with E-state index in [1.54, 1.807) is 24.3 Å². The molecule has 0 fully saturated rings. The minimum Gasteiger partial charge on any atom is -0.484 e. The SMILES string of the molecule is Cc1ccc(OCC(=O)NCc2ccc(NC(=O)c3ccco3)cc2)c(C)c1. The smallest absolute Gasteiger partial charge is 0.291 e.